The molecular formula is C13H9ClN2OS. The maximum atomic E-state index is 10.7. The quantitative estimate of drug-likeness (QED) is 0.667. The van der Waals surface area contributed by atoms with Crippen molar-refractivity contribution in [2.45, 2.75) is 6.92 Å². The topological polar surface area (TPSA) is 34.4 Å². The number of benzene rings is 1. The minimum atomic E-state index is 0.453. The number of imidazole rings is 1. The molecule has 3 nitrogen and oxygen atoms in total. The van der Waals surface area contributed by atoms with Gasteiger partial charge in [0.05, 0.1) is 5.69 Å². The Morgan fingerprint density at radius 1 is 1.44 bits per heavy atom. The lowest BCUT2D eigenvalue weighted by Gasteiger charge is -2.03. The number of aldehydes is 1. The van der Waals surface area contributed by atoms with E-state index in [9.17, 15) is 4.79 Å². The molecule has 0 amide bonds. The van der Waals surface area contributed by atoms with Gasteiger partial charge in [-0.1, -0.05) is 17.7 Å². The zero-order chi connectivity index (χ0) is 12.7. The number of rotatable bonds is 2. The number of carbonyl (C=O) groups is 1. The molecule has 1 aromatic carbocycles. The van der Waals surface area contributed by atoms with Gasteiger partial charge >= 0.3 is 0 Å². The third kappa shape index (κ3) is 1.74. The number of halogens is 1. The van der Waals surface area contributed by atoms with Gasteiger partial charge in [-0.05, 0) is 30.2 Å². The van der Waals surface area contributed by atoms with Crippen LogP contribution in [0.1, 0.15) is 16.1 Å². The summed E-state index contributed by atoms with van der Waals surface area (Å²) in [4.78, 5) is 15.8. The fourth-order valence-electron chi connectivity index (χ4n) is 1.87. The molecule has 3 rings (SSSR count). The summed E-state index contributed by atoms with van der Waals surface area (Å²) in [5.74, 6) is 0. The van der Waals surface area contributed by atoms with Gasteiger partial charge in [-0.2, -0.15) is 0 Å². The van der Waals surface area contributed by atoms with Crippen molar-refractivity contribution in [3.63, 3.8) is 0 Å². The Labute approximate surface area is 113 Å². The summed E-state index contributed by atoms with van der Waals surface area (Å²) in [6.45, 7) is 1.97. The minimum absolute atomic E-state index is 0.453. The normalized spacial score (nSPS) is 11.0. The van der Waals surface area contributed by atoms with Gasteiger partial charge in [-0.15, -0.1) is 11.3 Å². The Morgan fingerprint density at radius 2 is 2.28 bits per heavy atom. The molecule has 3 aromatic rings. The third-order valence-electron chi connectivity index (χ3n) is 2.80. The number of nitrogens with zero attached hydrogens (tertiary/aromatic N) is 2. The highest BCUT2D eigenvalue weighted by atomic mass is 35.5. The van der Waals surface area contributed by atoms with Crippen molar-refractivity contribution in [2.75, 3.05) is 0 Å². The first kappa shape index (κ1) is 11.4. The van der Waals surface area contributed by atoms with Gasteiger partial charge in [0.1, 0.15) is 5.69 Å². The van der Waals surface area contributed by atoms with Crippen LogP contribution in [0, 0.1) is 6.92 Å². The maximum Gasteiger partial charge on any atom is 0.194 e. The van der Waals surface area contributed by atoms with E-state index in [2.05, 4.69) is 4.98 Å². The van der Waals surface area contributed by atoms with E-state index >= 15 is 0 Å². The number of aromatic nitrogens is 2. The molecule has 0 aliphatic heterocycles. The summed E-state index contributed by atoms with van der Waals surface area (Å²) in [6, 6.07) is 5.88. The number of aryl methyl sites for hydroxylation is 1. The van der Waals surface area contributed by atoms with Gasteiger partial charge < -0.3 is 0 Å². The van der Waals surface area contributed by atoms with Crippen LogP contribution in [0.25, 0.3) is 16.2 Å². The first-order valence-corrected chi connectivity index (χ1v) is 6.63. The van der Waals surface area contributed by atoms with Crippen LogP contribution in [0.2, 0.25) is 5.02 Å². The highest BCUT2D eigenvalue weighted by molar-refractivity contribution is 7.15. The van der Waals surface area contributed by atoms with Gasteiger partial charge in [-0.25, -0.2) is 4.98 Å². The molecule has 0 aliphatic carbocycles. The van der Waals surface area contributed by atoms with E-state index in [0.29, 0.717) is 5.69 Å². The molecule has 0 saturated heterocycles. The predicted molar refractivity (Wildman–Crippen MR) is 73.6 cm³/mol. The van der Waals surface area contributed by atoms with Gasteiger partial charge in [0.2, 0.25) is 0 Å². The van der Waals surface area contributed by atoms with Crippen molar-refractivity contribution in [2.24, 2.45) is 0 Å². The van der Waals surface area contributed by atoms with Crippen LogP contribution < -0.4 is 0 Å². The zero-order valence-corrected chi connectivity index (χ0v) is 11.1. The van der Waals surface area contributed by atoms with Crippen molar-refractivity contribution >= 4 is 34.2 Å². The first-order valence-electron chi connectivity index (χ1n) is 5.37. The number of fused-ring (bicyclic) bond motifs is 1. The van der Waals surface area contributed by atoms with Crippen LogP contribution >= 0.6 is 22.9 Å². The summed E-state index contributed by atoms with van der Waals surface area (Å²) >= 11 is 7.54. The lowest BCUT2D eigenvalue weighted by molar-refractivity contribution is 0.111. The molecule has 0 bridgehead atoms. The number of carbonyl (C=O) groups excluding carboxylic acids is 1. The average Bonchev–Trinajstić information content (AvgIpc) is 2.92. The Kier molecular flexibility index (Phi) is 2.69. The van der Waals surface area contributed by atoms with Crippen LogP contribution in [0.15, 0.2) is 29.8 Å². The molecule has 2 aromatic heterocycles. The van der Waals surface area contributed by atoms with Gasteiger partial charge in [0.25, 0.3) is 0 Å². The molecule has 2 heterocycles. The molecule has 90 valence electrons. The molecular weight excluding hydrogens is 268 g/mol. The standard InChI is InChI=1S/C13H9ClN2OS/c1-8-4-9(2-3-11(8)14)12-7-18-13-15-10(6-17)5-16(12)13/h2-7H,1H3. The van der Waals surface area contributed by atoms with Crippen LogP contribution in [0.5, 0.6) is 0 Å². The van der Waals surface area contributed by atoms with Crippen molar-refractivity contribution < 1.29 is 4.79 Å². The number of thiazole rings is 1. The molecule has 0 spiro atoms. The van der Waals surface area contributed by atoms with Crippen LogP contribution in [0.4, 0.5) is 0 Å². The fraction of sp³-hybridized carbons (Fsp3) is 0.0769. The first-order chi connectivity index (χ1) is 8.69. The second kappa shape index (κ2) is 4.23. The molecule has 0 fully saturated rings. The largest absolute Gasteiger partial charge is 0.296 e. The highest BCUT2D eigenvalue weighted by Crippen LogP contribution is 2.28. The van der Waals surface area contributed by atoms with Crippen molar-refractivity contribution in [1.82, 2.24) is 9.38 Å². The Hall–Kier alpha value is -1.65. The smallest absolute Gasteiger partial charge is 0.194 e. The molecule has 0 radical (unpaired) electrons. The van der Waals surface area contributed by atoms with Crippen LogP contribution in [0.3, 0.4) is 0 Å². The molecule has 18 heavy (non-hydrogen) atoms. The molecule has 0 unspecified atom stereocenters. The lowest BCUT2D eigenvalue weighted by atomic mass is 10.1. The molecule has 5 heteroatoms. The maximum absolute atomic E-state index is 10.7. The van der Waals surface area contributed by atoms with E-state index < -0.39 is 0 Å². The van der Waals surface area contributed by atoms with Gasteiger partial charge in [0.15, 0.2) is 11.2 Å². The van der Waals surface area contributed by atoms with E-state index in [1.54, 1.807) is 6.20 Å². The van der Waals surface area contributed by atoms with Crippen molar-refractivity contribution in [3.05, 3.63) is 46.1 Å². The van der Waals surface area contributed by atoms with Crippen LogP contribution in [-0.2, 0) is 0 Å². The van der Waals surface area contributed by atoms with E-state index in [-0.39, 0.29) is 0 Å². The summed E-state index contributed by atoms with van der Waals surface area (Å²) in [6.07, 6.45) is 2.51. The number of hydrogen-bond acceptors (Lipinski definition) is 3. The monoisotopic (exact) mass is 276 g/mol. The second-order valence-corrected chi connectivity index (χ2v) is 5.26. The summed E-state index contributed by atoms with van der Waals surface area (Å²) in [5.41, 5.74) is 3.58. The van der Waals surface area contributed by atoms with E-state index in [1.807, 2.05) is 34.9 Å². The molecule has 0 atom stereocenters. The third-order valence-corrected chi connectivity index (χ3v) is 4.07. The average molecular weight is 277 g/mol. The Bertz CT molecular complexity index is 745. The predicted octanol–water partition coefficient (Wildman–Crippen LogP) is 3.84. The minimum Gasteiger partial charge on any atom is -0.296 e. The molecule has 0 saturated carbocycles. The SMILES string of the molecule is Cc1cc(-c2csc3nc(C=O)cn23)ccc1Cl. The summed E-state index contributed by atoms with van der Waals surface area (Å²) in [7, 11) is 0. The van der Waals surface area contributed by atoms with Gasteiger partial charge in [0, 0.05) is 16.6 Å². The van der Waals surface area contributed by atoms with Gasteiger partial charge in [-0.3, -0.25) is 9.20 Å². The summed E-state index contributed by atoms with van der Waals surface area (Å²) in [5, 5.41) is 2.78. The highest BCUT2D eigenvalue weighted by Gasteiger charge is 2.10. The zero-order valence-electron chi connectivity index (χ0n) is 9.55. The van der Waals surface area contributed by atoms with E-state index in [0.717, 1.165) is 33.1 Å². The lowest BCUT2D eigenvalue weighted by Crippen LogP contribution is -1.85. The van der Waals surface area contributed by atoms with Crippen molar-refractivity contribution in [3.8, 4) is 11.3 Å². The van der Waals surface area contributed by atoms with Crippen molar-refractivity contribution in [1.29, 1.82) is 0 Å². The fourth-order valence-corrected chi connectivity index (χ4v) is 2.88. The Balaban J connectivity index is 2.20. The summed E-state index contributed by atoms with van der Waals surface area (Å²) < 4.78 is 1.93. The second-order valence-electron chi connectivity index (χ2n) is 4.02. The molecule has 0 N–H and O–H groups in total. The number of hydrogen-bond donors (Lipinski definition) is 0. The Morgan fingerprint density at radius 3 is 3.00 bits per heavy atom. The van der Waals surface area contributed by atoms with E-state index in [1.165, 1.54) is 11.3 Å². The van der Waals surface area contributed by atoms with E-state index in [4.69, 9.17) is 11.6 Å². The molecule has 0 aliphatic rings. The van der Waals surface area contributed by atoms with Crippen LogP contribution in [-0.4, -0.2) is 15.7 Å².